The third-order valence-electron chi connectivity index (χ3n) is 3.69. The van der Waals surface area contributed by atoms with Crippen molar-refractivity contribution in [3.8, 4) is 0 Å². The van der Waals surface area contributed by atoms with Gasteiger partial charge in [-0.15, -0.1) is 0 Å². The van der Waals surface area contributed by atoms with Gasteiger partial charge in [-0.25, -0.2) is 0 Å². The van der Waals surface area contributed by atoms with Crippen molar-refractivity contribution in [2.24, 2.45) is 0 Å². The van der Waals surface area contributed by atoms with E-state index in [-0.39, 0.29) is 6.04 Å². The molecule has 0 bridgehead atoms. The SMILES string of the molecule is Cc1cc(Cl)ccc1NC(=O)C(=O)N1CCCCC1C. The Morgan fingerprint density at radius 1 is 1.35 bits per heavy atom. The van der Waals surface area contributed by atoms with Crippen LogP contribution >= 0.6 is 11.6 Å². The Morgan fingerprint density at radius 2 is 2.10 bits per heavy atom. The number of benzene rings is 1. The Labute approximate surface area is 124 Å². The maximum Gasteiger partial charge on any atom is 0.313 e. The zero-order valence-electron chi connectivity index (χ0n) is 11.8. The van der Waals surface area contributed by atoms with Gasteiger partial charge in [0.1, 0.15) is 0 Å². The molecule has 4 nitrogen and oxygen atoms in total. The van der Waals surface area contributed by atoms with Crippen molar-refractivity contribution < 1.29 is 9.59 Å². The smallest absolute Gasteiger partial charge is 0.313 e. The summed E-state index contributed by atoms with van der Waals surface area (Å²) in [5.74, 6) is -1.03. The number of halogens is 1. The molecule has 1 atom stereocenters. The quantitative estimate of drug-likeness (QED) is 0.810. The number of aryl methyl sites for hydroxylation is 1. The van der Waals surface area contributed by atoms with Crippen LogP contribution in [0.4, 0.5) is 5.69 Å². The number of carbonyl (C=O) groups is 2. The van der Waals surface area contributed by atoms with Crippen LogP contribution in [0.5, 0.6) is 0 Å². The van der Waals surface area contributed by atoms with E-state index in [1.54, 1.807) is 23.1 Å². The van der Waals surface area contributed by atoms with Gasteiger partial charge in [0.25, 0.3) is 0 Å². The molecule has 108 valence electrons. The van der Waals surface area contributed by atoms with E-state index in [0.717, 1.165) is 24.8 Å². The predicted octanol–water partition coefficient (Wildman–Crippen LogP) is 2.99. The van der Waals surface area contributed by atoms with Crippen molar-refractivity contribution in [2.75, 3.05) is 11.9 Å². The second kappa shape index (κ2) is 6.27. The van der Waals surface area contributed by atoms with Gasteiger partial charge in [-0.05, 0) is 56.9 Å². The van der Waals surface area contributed by atoms with Crippen LogP contribution in [-0.4, -0.2) is 29.3 Å². The van der Waals surface area contributed by atoms with Gasteiger partial charge >= 0.3 is 11.8 Å². The van der Waals surface area contributed by atoms with E-state index in [2.05, 4.69) is 5.32 Å². The molecule has 1 saturated heterocycles. The van der Waals surface area contributed by atoms with E-state index in [0.29, 0.717) is 17.3 Å². The van der Waals surface area contributed by atoms with E-state index in [1.165, 1.54) is 0 Å². The van der Waals surface area contributed by atoms with E-state index in [9.17, 15) is 9.59 Å². The normalized spacial score (nSPS) is 18.8. The number of nitrogens with one attached hydrogen (secondary N) is 1. The number of nitrogens with zero attached hydrogens (tertiary/aromatic N) is 1. The molecule has 5 heteroatoms. The lowest BCUT2D eigenvalue weighted by Crippen LogP contribution is -2.47. The Kier molecular flexibility index (Phi) is 4.65. The predicted molar refractivity (Wildman–Crippen MR) is 79.8 cm³/mol. The molecule has 1 aromatic rings. The topological polar surface area (TPSA) is 49.4 Å². The summed E-state index contributed by atoms with van der Waals surface area (Å²) in [6.45, 7) is 4.49. The minimum atomic E-state index is -0.579. The number of rotatable bonds is 1. The van der Waals surface area contributed by atoms with E-state index in [4.69, 9.17) is 11.6 Å². The van der Waals surface area contributed by atoms with Crippen molar-refractivity contribution in [1.29, 1.82) is 0 Å². The Morgan fingerprint density at radius 3 is 2.75 bits per heavy atom. The molecule has 0 radical (unpaired) electrons. The number of hydrogen-bond acceptors (Lipinski definition) is 2. The third kappa shape index (κ3) is 3.31. The lowest BCUT2D eigenvalue weighted by molar-refractivity contribution is -0.145. The third-order valence-corrected chi connectivity index (χ3v) is 3.93. The minimum Gasteiger partial charge on any atom is -0.332 e. The van der Waals surface area contributed by atoms with Gasteiger partial charge in [0.05, 0.1) is 0 Å². The minimum absolute atomic E-state index is 0.133. The van der Waals surface area contributed by atoms with Crippen LogP contribution in [0.1, 0.15) is 31.7 Å². The van der Waals surface area contributed by atoms with Crippen LogP contribution in [0.2, 0.25) is 5.02 Å². The molecule has 1 aliphatic heterocycles. The van der Waals surface area contributed by atoms with Crippen molar-refractivity contribution in [1.82, 2.24) is 4.90 Å². The number of amides is 2. The summed E-state index contributed by atoms with van der Waals surface area (Å²) < 4.78 is 0. The highest BCUT2D eigenvalue weighted by molar-refractivity contribution is 6.39. The second-order valence-electron chi connectivity index (χ2n) is 5.26. The summed E-state index contributed by atoms with van der Waals surface area (Å²) >= 11 is 5.87. The zero-order valence-corrected chi connectivity index (χ0v) is 12.5. The van der Waals surface area contributed by atoms with E-state index in [1.807, 2.05) is 13.8 Å². The lowest BCUT2D eigenvalue weighted by atomic mass is 10.0. The van der Waals surface area contributed by atoms with Gasteiger partial charge in [0, 0.05) is 23.3 Å². The average molecular weight is 295 g/mol. The lowest BCUT2D eigenvalue weighted by Gasteiger charge is -2.32. The van der Waals surface area contributed by atoms with Crippen molar-refractivity contribution >= 4 is 29.1 Å². The fraction of sp³-hybridized carbons (Fsp3) is 0.467. The standard InChI is InChI=1S/C15H19ClN2O2/c1-10-9-12(16)6-7-13(10)17-14(19)15(20)18-8-4-3-5-11(18)2/h6-7,9,11H,3-5,8H2,1-2H3,(H,17,19). The van der Waals surface area contributed by atoms with E-state index < -0.39 is 11.8 Å². The molecule has 0 aromatic heterocycles. The molecule has 1 N–H and O–H groups in total. The molecule has 1 aliphatic rings. The molecule has 2 rings (SSSR count). The molecular weight excluding hydrogens is 276 g/mol. The Hall–Kier alpha value is -1.55. The molecule has 2 amide bonds. The van der Waals surface area contributed by atoms with Gasteiger partial charge in [0.15, 0.2) is 0 Å². The molecule has 0 saturated carbocycles. The van der Waals surface area contributed by atoms with Crippen LogP contribution in [0.3, 0.4) is 0 Å². The van der Waals surface area contributed by atoms with Crippen LogP contribution < -0.4 is 5.32 Å². The first-order chi connectivity index (χ1) is 9.49. The van der Waals surface area contributed by atoms with Crippen LogP contribution in [-0.2, 0) is 9.59 Å². The number of anilines is 1. The highest BCUT2D eigenvalue weighted by Gasteiger charge is 2.28. The molecule has 1 aromatic carbocycles. The van der Waals surface area contributed by atoms with Crippen molar-refractivity contribution in [3.63, 3.8) is 0 Å². The van der Waals surface area contributed by atoms with Crippen molar-refractivity contribution in [2.45, 2.75) is 39.2 Å². The molecule has 20 heavy (non-hydrogen) atoms. The summed E-state index contributed by atoms with van der Waals surface area (Å²) in [6.07, 6.45) is 3.03. The molecule has 1 fully saturated rings. The number of piperidine rings is 1. The molecule has 1 unspecified atom stereocenters. The average Bonchev–Trinajstić information content (AvgIpc) is 2.41. The molecular formula is C15H19ClN2O2. The number of hydrogen-bond donors (Lipinski definition) is 1. The van der Waals surface area contributed by atoms with Gasteiger partial charge in [0.2, 0.25) is 0 Å². The number of carbonyl (C=O) groups excluding carboxylic acids is 2. The summed E-state index contributed by atoms with van der Waals surface area (Å²) in [7, 11) is 0. The van der Waals surface area contributed by atoms with Gasteiger partial charge < -0.3 is 10.2 Å². The first-order valence-electron chi connectivity index (χ1n) is 6.87. The summed E-state index contributed by atoms with van der Waals surface area (Å²) in [6, 6.07) is 5.29. The van der Waals surface area contributed by atoms with E-state index >= 15 is 0 Å². The Bertz CT molecular complexity index is 531. The molecule has 1 heterocycles. The fourth-order valence-electron chi connectivity index (χ4n) is 2.47. The van der Waals surface area contributed by atoms with Gasteiger partial charge in [-0.2, -0.15) is 0 Å². The number of likely N-dealkylation sites (tertiary alicyclic amines) is 1. The molecule has 0 spiro atoms. The summed E-state index contributed by atoms with van der Waals surface area (Å²) in [5, 5.41) is 3.27. The van der Waals surface area contributed by atoms with Crippen molar-refractivity contribution in [3.05, 3.63) is 28.8 Å². The Balaban J connectivity index is 2.05. The molecule has 0 aliphatic carbocycles. The maximum atomic E-state index is 12.2. The second-order valence-corrected chi connectivity index (χ2v) is 5.69. The first-order valence-corrected chi connectivity index (χ1v) is 7.25. The fourth-order valence-corrected chi connectivity index (χ4v) is 2.70. The summed E-state index contributed by atoms with van der Waals surface area (Å²) in [4.78, 5) is 25.9. The maximum absolute atomic E-state index is 12.2. The van der Waals surface area contributed by atoms with Crippen LogP contribution in [0.25, 0.3) is 0 Å². The van der Waals surface area contributed by atoms with Crippen LogP contribution in [0, 0.1) is 6.92 Å². The van der Waals surface area contributed by atoms with Gasteiger partial charge in [-0.3, -0.25) is 9.59 Å². The highest BCUT2D eigenvalue weighted by Crippen LogP contribution is 2.20. The first kappa shape index (κ1) is 14.9. The van der Waals surface area contributed by atoms with Gasteiger partial charge in [-0.1, -0.05) is 11.6 Å². The van der Waals surface area contributed by atoms with Crippen LogP contribution in [0.15, 0.2) is 18.2 Å². The summed E-state index contributed by atoms with van der Waals surface area (Å²) in [5.41, 5.74) is 1.46. The largest absolute Gasteiger partial charge is 0.332 e. The highest BCUT2D eigenvalue weighted by atomic mass is 35.5. The zero-order chi connectivity index (χ0) is 14.7. The monoisotopic (exact) mass is 294 g/mol.